The van der Waals surface area contributed by atoms with Crippen molar-refractivity contribution >= 4 is 5.91 Å². The molecule has 6 heteroatoms. The van der Waals surface area contributed by atoms with Crippen LogP contribution in [0.4, 0.5) is 0 Å². The molecule has 118 valence electrons. The second kappa shape index (κ2) is 6.51. The van der Waals surface area contributed by atoms with Crippen LogP contribution in [0.2, 0.25) is 0 Å². The Morgan fingerprint density at radius 3 is 3.14 bits per heavy atom. The van der Waals surface area contributed by atoms with Gasteiger partial charge in [-0.2, -0.15) is 5.26 Å². The van der Waals surface area contributed by atoms with Gasteiger partial charge in [0.05, 0.1) is 30.9 Å². The van der Waals surface area contributed by atoms with Gasteiger partial charge < -0.3 is 19.4 Å². The number of nitrogens with zero attached hydrogens (tertiary/aromatic N) is 2. The van der Waals surface area contributed by atoms with Crippen molar-refractivity contribution in [1.29, 1.82) is 5.26 Å². The first-order valence-corrected chi connectivity index (χ1v) is 7.74. The maximum atomic E-state index is 12.8. The van der Waals surface area contributed by atoms with E-state index in [9.17, 15) is 4.79 Å². The van der Waals surface area contributed by atoms with Gasteiger partial charge in [0.2, 0.25) is 0 Å². The van der Waals surface area contributed by atoms with Gasteiger partial charge in [0, 0.05) is 25.8 Å². The molecule has 2 fully saturated rings. The summed E-state index contributed by atoms with van der Waals surface area (Å²) in [7, 11) is 1.74. The van der Waals surface area contributed by atoms with Gasteiger partial charge >= 0.3 is 0 Å². The largest absolute Gasteiger partial charge is 0.381 e. The van der Waals surface area contributed by atoms with Crippen LogP contribution in [-0.2, 0) is 9.47 Å². The first-order chi connectivity index (χ1) is 10.7. The molecule has 3 atom stereocenters. The van der Waals surface area contributed by atoms with Crippen LogP contribution >= 0.6 is 0 Å². The van der Waals surface area contributed by atoms with Crippen molar-refractivity contribution in [2.24, 2.45) is 5.92 Å². The number of amides is 1. The summed E-state index contributed by atoms with van der Waals surface area (Å²) in [5, 5.41) is 8.89. The highest BCUT2D eigenvalue weighted by Gasteiger charge is 2.40. The fraction of sp³-hybridized carbons (Fsp3) is 0.625. The summed E-state index contributed by atoms with van der Waals surface area (Å²) in [6.07, 6.45) is 5.04. The summed E-state index contributed by atoms with van der Waals surface area (Å²) in [6.45, 7) is 1.71. The minimum Gasteiger partial charge on any atom is -0.381 e. The normalized spacial score (nSPS) is 28.5. The van der Waals surface area contributed by atoms with Crippen molar-refractivity contribution < 1.29 is 14.3 Å². The SMILES string of the molecule is CO[C@@H]1CCC[C@H]1[C@@H]1COCCN1C(=O)c1c[nH]c(C#N)c1. The molecule has 1 aliphatic carbocycles. The molecule has 0 radical (unpaired) electrons. The van der Waals surface area contributed by atoms with Crippen LogP contribution in [-0.4, -0.2) is 54.8 Å². The van der Waals surface area contributed by atoms with E-state index in [0.29, 0.717) is 36.9 Å². The lowest BCUT2D eigenvalue weighted by Crippen LogP contribution is -2.53. The number of hydrogen-bond acceptors (Lipinski definition) is 4. The highest BCUT2D eigenvalue weighted by Crippen LogP contribution is 2.34. The molecule has 0 bridgehead atoms. The standard InChI is InChI=1S/C16H21N3O3/c1-21-15-4-2-3-13(15)14-10-22-6-5-19(14)16(20)11-7-12(8-17)18-9-11/h7,9,13-15,18H,2-6,10H2,1H3/t13-,14-,15+/m0/s1. The maximum Gasteiger partial charge on any atom is 0.255 e. The number of aromatic nitrogens is 1. The minimum absolute atomic E-state index is 0.0344. The molecule has 1 aliphatic heterocycles. The third kappa shape index (κ3) is 2.74. The number of morpholine rings is 1. The number of carbonyl (C=O) groups is 1. The average molecular weight is 303 g/mol. The molecule has 1 amide bonds. The van der Waals surface area contributed by atoms with E-state index < -0.39 is 0 Å². The number of ether oxygens (including phenoxy) is 2. The molecule has 0 spiro atoms. The fourth-order valence-corrected chi connectivity index (χ4v) is 3.67. The molecule has 3 rings (SSSR count). The molecule has 6 nitrogen and oxygen atoms in total. The lowest BCUT2D eigenvalue weighted by atomic mass is 9.93. The fourth-order valence-electron chi connectivity index (χ4n) is 3.67. The van der Waals surface area contributed by atoms with E-state index in [2.05, 4.69) is 4.98 Å². The molecule has 2 heterocycles. The summed E-state index contributed by atoms with van der Waals surface area (Å²) in [4.78, 5) is 17.5. The van der Waals surface area contributed by atoms with Crippen molar-refractivity contribution in [3.8, 4) is 6.07 Å². The predicted octanol–water partition coefficient (Wildman–Crippen LogP) is 1.54. The van der Waals surface area contributed by atoms with Crippen LogP contribution in [0.3, 0.4) is 0 Å². The lowest BCUT2D eigenvalue weighted by Gasteiger charge is -2.40. The van der Waals surface area contributed by atoms with Gasteiger partial charge in [-0.3, -0.25) is 4.79 Å². The molecule has 1 aromatic heterocycles. The Morgan fingerprint density at radius 2 is 2.41 bits per heavy atom. The van der Waals surface area contributed by atoms with E-state index in [1.165, 1.54) is 0 Å². The molecule has 1 saturated carbocycles. The highest BCUT2D eigenvalue weighted by atomic mass is 16.5. The van der Waals surface area contributed by atoms with Gasteiger partial charge in [0.1, 0.15) is 11.8 Å². The van der Waals surface area contributed by atoms with Crippen molar-refractivity contribution in [3.63, 3.8) is 0 Å². The van der Waals surface area contributed by atoms with Crippen LogP contribution in [0.5, 0.6) is 0 Å². The number of rotatable bonds is 3. The van der Waals surface area contributed by atoms with Crippen molar-refractivity contribution in [1.82, 2.24) is 9.88 Å². The number of methoxy groups -OCH3 is 1. The third-order valence-electron chi connectivity index (χ3n) is 4.78. The number of carbonyl (C=O) groups excluding carboxylic acids is 1. The van der Waals surface area contributed by atoms with Crippen LogP contribution in [0.1, 0.15) is 35.3 Å². The summed E-state index contributed by atoms with van der Waals surface area (Å²) in [6, 6.07) is 3.68. The first kappa shape index (κ1) is 15.1. The van der Waals surface area contributed by atoms with E-state index in [1.807, 2.05) is 11.0 Å². The summed E-state index contributed by atoms with van der Waals surface area (Å²) >= 11 is 0. The zero-order valence-corrected chi connectivity index (χ0v) is 12.7. The zero-order valence-electron chi connectivity index (χ0n) is 12.7. The Kier molecular flexibility index (Phi) is 4.46. The van der Waals surface area contributed by atoms with Crippen LogP contribution < -0.4 is 0 Å². The van der Waals surface area contributed by atoms with Gasteiger partial charge in [-0.1, -0.05) is 6.42 Å². The smallest absolute Gasteiger partial charge is 0.255 e. The quantitative estimate of drug-likeness (QED) is 0.918. The van der Waals surface area contributed by atoms with Gasteiger partial charge in [-0.25, -0.2) is 0 Å². The maximum absolute atomic E-state index is 12.8. The Bertz CT molecular complexity index is 577. The molecule has 22 heavy (non-hydrogen) atoms. The van der Waals surface area contributed by atoms with Crippen molar-refractivity contribution in [2.75, 3.05) is 26.9 Å². The zero-order chi connectivity index (χ0) is 15.5. The Balaban J connectivity index is 1.80. The number of hydrogen-bond donors (Lipinski definition) is 1. The van der Waals surface area contributed by atoms with Crippen LogP contribution in [0, 0.1) is 17.2 Å². The second-order valence-corrected chi connectivity index (χ2v) is 5.92. The summed E-state index contributed by atoms with van der Waals surface area (Å²) < 4.78 is 11.2. The Morgan fingerprint density at radius 1 is 1.55 bits per heavy atom. The van der Waals surface area contributed by atoms with E-state index in [-0.39, 0.29) is 18.1 Å². The number of nitrogens with one attached hydrogen (secondary N) is 1. The van der Waals surface area contributed by atoms with E-state index in [4.69, 9.17) is 14.7 Å². The minimum atomic E-state index is -0.0344. The molecule has 1 aromatic rings. The van der Waals surface area contributed by atoms with E-state index >= 15 is 0 Å². The van der Waals surface area contributed by atoms with Crippen LogP contribution in [0.25, 0.3) is 0 Å². The monoisotopic (exact) mass is 303 g/mol. The summed E-state index contributed by atoms with van der Waals surface area (Å²) in [5.41, 5.74) is 0.944. The summed E-state index contributed by atoms with van der Waals surface area (Å²) in [5.74, 6) is 0.288. The molecule has 1 saturated heterocycles. The number of H-pyrrole nitrogens is 1. The highest BCUT2D eigenvalue weighted by molar-refractivity contribution is 5.94. The lowest BCUT2D eigenvalue weighted by molar-refractivity contribution is -0.0460. The molecule has 0 aromatic carbocycles. The topological polar surface area (TPSA) is 78.3 Å². The van der Waals surface area contributed by atoms with Crippen molar-refractivity contribution in [3.05, 3.63) is 23.5 Å². The third-order valence-corrected chi connectivity index (χ3v) is 4.78. The predicted molar refractivity (Wildman–Crippen MR) is 79.3 cm³/mol. The molecule has 0 unspecified atom stereocenters. The van der Waals surface area contributed by atoms with Gasteiger partial charge in [-0.05, 0) is 18.9 Å². The number of nitriles is 1. The second-order valence-electron chi connectivity index (χ2n) is 5.92. The Labute approximate surface area is 130 Å². The molecule has 2 aliphatic rings. The Hall–Kier alpha value is -1.84. The van der Waals surface area contributed by atoms with Gasteiger partial charge in [0.25, 0.3) is 5.91 Å². The van der Waals surface area contributed by atoms with Crippen LogP contribution in [0.15, 0.2) is 12.3 Å². The van der Waals surface area contributed by atoms with Gasteiger partial charge in [0.15, 0.2) is 0 Å². The first-order valence-electron chi connectivity index (χ1n) is 7.74. The molecule has 1 N–H and O–H groups in total. The van der Waals surface area contributed by atoms with Crippen molar-refractivity contribution in [2.45, 2.75) is 31.4 Å². The molecular formula is C16H21N3O3. The molecular weight excluding hydrogens is 282 g/mol. The van der Waals surface area contributed by atoms with E-state index in [0.717, 1.165) is 19.3 Å². The number of aromatic amines is 1. The van der Waals surface area contributed by atoms with E-state index in [1.54, 1.807) is 19.4 Å². The average Bonchev–Trinajstić information content (AvgIpc) is 3.22. The van der Waals surface area contributed by atoms with Gasteiger partial charge in [-0.15, -0.1) is 0 Å².